The van der Waals surface area contributed by atoms with Crippen molar-refractivity contribution in [3.05, 3.63) is 38.9 Å². The zero-order chi connectivity index (χ0) is 14.1. The summed E-state index contributed by atoms with van der Waals surface area (Å²) in [6, 6.07) is 4.96. The topological polar surface area (TPSA) is 29.3 Å². The highest BCUT2D eigenvalue weighted by Gasteiger charge is 2.31. The largest absolute Gasteiger partial charge is 0.361 e. The quantitative estimate of drug-likeness (QED) is 0.843. The number of aryl methyl sites for hydroxylation is 3. The van der Waals surface area contributed by atoms with Gasteiger partial charge in [0.05, 0.1) is 5.69 Å². The second-order valence-corrected chi connectivity index (χ2v) is 6.97. The average Bonchev–Trinajstić information content (AvgIpc) is 3.11. The summed E-state index contributed by atoms with van der Waals surface area (Å²) in [5.74, 6) is 1.07. The van der Waals surface area contributed by atoms with Crippen molar-refractivity contribution in [2.24, 2.45) is 0 Å². The van der Waals surface area contributed by atoms with Crippen molar-refractivity contribution in [1.82, 2.24) is 10.1 Å². The molecule has 2 aromatic rings. The lowest BCUT2D eigenvalue weighted by Gasteiger charge is -2.24. The van der Waals surface area contributed by atoms with E-state index in [0.29, 0.717) is 6.04 Å². The normalized spacial score (nSPS) is 19.9. The maximum atomic E-state index is 5.49. The molecule has 2 aromatic heterocycles. The smallest absolute Gasteiger partial charge is 0.141 e. The summed E-state index contributed by atoms with van der Waals surface area (Å²) >= 11 is 1.91. The molecule has 3 heterocycles. The molecule has 3 rings (SSSR count). The van der Waals surface area contributed by atoms with Crippen LogP contribution in [0, 0.1) is 13.8 Å². The van der Waals surface area contributed by atoms with E-state index in [1.54, 1.807) is 0 Å². The molecule has 1 aliphatic heterocycles. The van der Waals surface area contributed by atoms with Gasteiger partial charge in [0.1, 0.15) is 5.76 Å². The molecular formula is C16H22N2OS. The number of nitrogens with zero attached hydrogens (tertiary/aromatic N) is 2. The van der Waals surface area contributed by atoms with Crippen molar-refractivity contribution >= 4 is 11.3 Å². The van der Waals surface area contributed by atoms with E-state index >= 15 is 0 Å². The summed E-state index contributed by atoms with van der Waals surface area (Å²) in [5, 5.41) is 4.18. The van der Waals surface area contributed by atoms with Crippen LogP contribution in [0.4, 0.5) is 0 Å². The van der Waals surface area contributed by atoms with Gasteiger partial charge >= 0.3 is 0 Å². The van der Waals surface area contributed by atoms with Crippen LogP contribution in [-0.4, -0.2) is 16.6 Å². The second-order valence-electron chi connectivity index (χ2n) is 5.60. The SMILES string of the molecule is CCc1onc(C)c1[C@H]1CCCN1Cc1ccc(C)s1. The van der Waals surface area contributed by atoms with E-state index in [2.05, 4.69) is 43.0 Å². The highest BCUT2D eigenvalue weighted by Crippen LogP contribution is 2.37. The first-order valence-corrected chi connectivity index (χ1v) is 8.25. The van der Waals surface area contributed by atoms with Gasteiger partial charge in [-0.15, -0.1) is 11.3 Å². The molecule has 0 N–H and O–H groups in total. The molecule has 1 saturated heterocycles. The van der Waals surface area contributed by atoms with E-state index in [4.69, 9.17) is 4.52 Å². The molecule has 1 fully saturated rings. The fourth-order valence-corrected chi connectivity index (χ4v) is 4.13. The molecule has 0 radical (unpaired) electrons. The zero-order valence-corrected chi connectivity index (χ0v) is 13.3. The van der Waals surface area contributed by atoms with Crippen LogP contribution in [0.2, 0.25) is 0 Å². The lowest BCUT2D eigenvalue weighted by Crippen LogP contribution is -2.23. The van der Waals surface area contributed by atoms with Crippen molar-refractivity contribution in [3.63, 3.8) is 0 Å². The Bertz CT molecular complexity index is 587. The van der Waals surface area contributed by atoms with Crippen molar-refractivity contribution in [2.75, 3.05) is 6.54 Å². The summed E-state index contributed by atoms with van der Waals surface area (Å²) < 4.78 is 5.49. The molecule has 0 aliphatic carbocycles. The molecule has 0 bridgehead atoms. The van der Waals surface area contributed by atoms with Crippen LogP contribution in [0.25, 0.3) is 0 Å². The molecule has 0 spiro atoms. The number of hydrogen-bond acceptors (Lipinski definition) is 4. The molecule has 0 unspecified atom stereocenters. The van der Waals surface area contributed by atoms with E-state index in [9.17, 15) is 0 Å². The predicted octanol–water partition coefficient (Wildman–Crippen LogP) is 4.25. The van der Waals surface area contributed by atoms with Gasteiger partial charge in [0.15, 0.2) is 0 Å². The Balaban J connectivity index is 1.83. The van der Waals surface area contributed by atoms with Gasteiger partial charge in [0.2, 0.25) is 0 Å². The Hall–Kier alpha value is -1.13. The minimum atomic E-state index is 0.485. The molecule has 20 heavy (non-hydrogen) atoms. The molecule has 0 amide bonds. The standard InChI is InChI=1S/C16H22N2OS/c1-4-15-16(12(3)17-19-15)14-6-5-9-18(14)10-13-8-7-11(2)20-13/h7-8,14H,4-6,9-10H2,1-3H3/t14-/m1/s1. The van der Waals surface area contributed by atoms with Gasteiger partial charge in [0.25, 0.3) is 0 Å². The highest BCUT2D eigenvalue weighted by molar-refractivity contribution is 7.11. The second kappa shape index (κ2) is 5.70. The molecule has 3 nitrogen and oxygen atoms in total. The first-order chi connectivity index (χ1) is 9.69. The minimum absolute atomic E-state index is 0.485. The first-order valence-electron chi connectivity index (χ1n) is 7.43. The molecule has 0 saturated carbocycles. The van der Waals surface area contributed by atoms with Gasteiger partial charge in [-0.05, 0) is 45.4 Å². The Morgan fingerprint density at radius 2 is 2.25 bits per heavy atom. The summed E-state index contributed by atoms with van der Waals surface area (Å²) in [4.78, 5) is 5.44. The van der Waals surface area contributed by atoms with E-state index < -0.39 is 0 Å². The molecular weight excluding hydrogens is 268 g/mol. The maximum Gasteiger partial charge on any atom is 0.141 e. The lowest BCUT2D eigenvalue weighted by molar-refractivity contribution is 0.247. The Kier molecular flexibility index (Phi) is 3.94. The van der Waals surface area contributed by atoms with Crippen LogP contribution < -0.4 is 0 Å². The Morgan fingerprint density at radius 1 is 1.40 bits per heavy atom. The van der Waals surface area contributed by atoms with Crippen LogP contribution in [0.5, 0.6) is 0 Å². The van der Waals surface area contributed by atoms with Gasteiger partial charge in [-0.2, -0.15) is 0 Å². The monoisotopic (exact) mass is 290 g/mol. The third-order valence-electron chi connectivity index (χ3n) is 4.16. The van der Waals surface area contributed by atoms with E-state index in [-0.39, 0.29) is 0 Å². The van der Waals surface area contributed by atoms with Crippen LogP contribution in [0.1, 0.15) is 52.6 Å². The molecule has 4 heteroatoms. The van der Waals surface area contributed by atoms with E-state index in [1.165, 1.54) is 34.7 Å². The highest BCUT2D eigenvalue weighted by atomic mass is 32.1. The van der Waals surface area contributed by atoms with Gasteiger partial charge in [-0.25, -0.2) is 0 Å². The lowest BCUT2D eigenvalue weighted by atomic mass is 10.0. The van der Waals surface area contributed by atoms with E-state index in [1.807, 2.05) is 11.3 Å². The predicted molar refractivity (Wildman–Crippen MR) is 82.1 cm³/mol. The first kappa shape index (κ1) is 13.8. The van der Waals surface area contributed by atoms with Gasteiger partial charge < -0.3 is 4.52 Å². The molecule has 0 aromatic carbocycles. The summed E-state index contributed by atoms with van der Waals surface area (Å²) in [7, 11) is 0. The van der Waals surface area contributed by atoms with Crippen molar-refractivity contribution < 1.29 is 4.52 Å². The van der Waals surface area contributed by atoms with Crippen LogP contribution in [0.3, 0.4) is 0 Å². The summed E-state index contributed by atoms with van der Waals surface area (Å²) in [6.07, 6.45) is 3.42. The Labute approximate surface area is 124 Å². The third kappa shape index (κ3) is 2.54. The molecule has 108 valence electrons. The number of thiophene rings is 1. The number of likely N-dealkylation sites (tertiary alicyclic amines) is 1. The molecule has 1 atom stereocenters. The fourth-order valence-electron chi connectivity index (χ4n) is 3.22. The van der Waals surface area contributed by atoms with Gasteiger partial charge in [-0.3, -0.25) is 4.90 Å². The maximum absolute atomic E-state index is 5.49. The fraction of sp³-hybridized carbons (Fsp3) is 0.562. The average molecular weight is 290 g/mol. The van der Waals surface area contributed by atoms with Crippen LogP contribution in [0.15, 0.2) is 16.7 Å². The Morgan fingerprint density at radius 3 is 2.95 bits per heavy atom. The van der Waals surface area contributed by atoms with Crippen LogP contribution >= 0.6 is 11.3 Å². The number of rotatable bonds is 4. The minimum Gasteiger partial charge on any atom is -0.361 e. The van der Waals surface area contributed by atoms with Crippen LogP contribution in [-0.2, 0) is 13.0 Å². The third-order valence-corrected chi connectivity index (χ3v) is 5.14. The zero-order valence-electron chi connectivity index (χ0n) is 12.5. The number of hydrogen-bond donors (Lipinski definition) is 0. The van der Waals surface area contributed by atoms with Crippen molar-refractivity contribution in [2.45, 2.75) is 52.6 Å². The molecule has 1 aliphatic rings. The van der Waals surface area contributed by atoms with Gasteiger partial charge in [0, 0.05) is 34.3 Å². The van der Waals surface area contributed by atoms with Crippen molar-refractivity contribution in [3.8, 4) is 0 Å². The summed E-state index contributed by atoms with van der Waals surface area (Å²) in [5.41, 5.74) is 2.42. The summed E-state index contributed by atoms with van der Waals surface area (Å²) in [6.45, 7) is 8.62. The van der Waals surface area contributed by atoms with E-state index in [0.717, 1.165) is 24.4 Å². The number of aromatic nitrogens is 1. The van der Waals surface area contributed by atoms with Gasteiger partial charge in [-0.1, -0.05) is 12.1 Å². The van der Waals surface area contributed by atoms with Crippen molar-refractivity contribution in [1.29, 1.82) is 0 Å².